The fourth-order valence-corrected chi connectivity index (χ4v) is 3.32. The Kier molecular flexibility index (Phi) is 3.03. The lowest BCUT2D eigenvalue weighted by Gasteiger charge is -2.27. The minimum Gasteiger partial charge on any atom is -0.326 e. The quantitative estimate of drug-likeness (QED) is 0.666. The van der Waals surface area contributed by atoms with Gasteiger partial charge in [-0.3, -0.25) is 0 Å². The summed E-state index contributed by atoms with van der Waals surface area (Å²) in [4.78, 5) is 0. The third kappa shape index (κ3) is 2.50. The maximum Gasteiger partial charge on any atom is 0.151 e. The highest BCUT2D eigenvalue weighted by Crippen LogP contribution is 2.20. The number of nitrogens with zero attached hydrogens (tertiary/aromatic N) is 2. The number of rotatable bonds is 2. The lowest BCUT2D eigenvalue weighted by molar-refractivity contribution is 0.0210. The second-order valence-electron chi connectivity index (χ2n) is 4.61. The number of nitrogens with two attached hydrogens (primary N) is 1. The van der Waals surface area contributed by atoms with Gasteiger partial charge in [-0.2, -0.15) is 0 Å². The first-order valence-corrected chi connectivity index (χ1v) is 7.36. The summed E-state index contributed by atoms with van der Waals surface area (Å²) in [6.45, 7) is 3.34. The highest BCUT2D eigenvalue weighted by Gasteiger charge is 2.34. The van der Waals surface area contributed by atoms with Crippen molar-refractivity contribution in [2.75, 3.05) is 32.4 Å². The molecule has 15 heavy (non-hydrogen) atoms. The molecule has 2 fully saturated rings. The summed E-state index contributed by atoms with van der Waals surface area (Å²) < 4.78 is 22.8. The van der Waals surface area contributed by atoms with Gasteiger partial charge in [0, 0.05) is 38.5 Å². The lowest BCUT2D eigenvalue weighted by Crippen LogP contribution is -2.41. The summed E-state index contributed by atoms with van der Waals surface area (Å²) in [6.07, 6.45) is 3.10. The molecule has 0 amide bonds. The van der Waals surface area contributed by atoms with Crippen molar-refractivity contribution in [1.29, 1.82) is 0 Å². The molecule has 6 heteroatoms. The zero-order valence-electron chi connectivity index (χ0n) is 9.09. The van der Waals surface area contributed by atoms with E-state index in [2.05, 4.69) is 10.0 Å². The molecule has 2 aliphatic heterocycles. The van der Waals surface area contributed by atoms with Crippen LogP contribution in [-0.2, 0) is 9.84 Å². The van der Waals surface area contributed by atoms with Crippen LogP contribution in [0.1, 0.15) is 12.8 Å². The van der Waals surface area contributed by atoms with Gasteiger partial charge in [-0.05, 0) is 12.8 Å². The van der Waals surface area contributed by atoms with E-state index in [1.54, 1.807) is 0 Å². The van der Waals surface area contributed by atoms with Crippen molar-refractivity contribution in [3.63, 3.8) is 0 Å². The molecule has 2 heterocycles. The van der Waals surface area contributed by atoms with Gasteiger partial charge >= 0.3 is 0 Å². The van der Waals surface area contributed by atoms with E-state index < -0.39 is 9.84 Å². The molecule has 2 atom stereocenters. The van der Waals surface area contributed by atoms with Crippen LogP contribution in [0.4, 0.5) is 0 Å². The lowest BCUT2D eigenvalue weighted by atomic mass is 10.3. The first-order chi connectivity index (χ1) is 6.97. The van der Waals surface area contributed by atoms with E-state index in [1.807, 2.05) is 0 Å². The van der Waals surface area contributed by atoms with Crippen LogP contribution in [-0.4, -0.2) is 62.2 Å². The Morgan fingerprint density at radius 1 is 1.13 bits per heavy atom. The van der Waals surface area contributed by atoms with Crippen LogP contribution in [0.5, 0.6) is 0 Å². The molecular formula is C9H19N3O2S. The molecule has 0 aromatic carbocycles. The Bertz CT molecular complexity index is 330. The molecule has 2 unspecified atom stereocenters. The van der Waals surface area contributed by atoms with Gasteiger partial charge in [0.1, 0.15) is 0 Å². The molecular weight excluding hydrogens is 214 g/mol. The molecule has 0 aromatic rings. The fraction of sp³-hybridized carbons (Fsp3) is 1.00. The van der Waals surface area contributed by atoms with Crippen molar-refractivity contribution in [2.24, 2.45) is 5.73 Å². The van der Waals surface area contributed by atoms with Crippen LogP contribution in [0.25, 0.3) is 0 Å². The normalized spacial score (nSPS) is 35.1. The second kappa shape index (κ2) is 4.01. The molecule has 0 radical (unpaired) electrons. The van der Waals surface area contributed by atoms with E-state index in [1.165, 1.54) is 6.26 Å². The van der Waals surface area contributed by atoms with Gasteiger partial charge in [-0.25, -0.2) is 18.4 Å². The number of hydrogen-bond acceptors (Lipinski definition) is 5. The Morgan fingerprint density at radius 2 is 1.73 bits per heavy atom. The predicted molar refractivity (Wildman–Crippen MR) is 59.0 cm³/mol. The molecule has 0 bridgehead atoms. The molecule has 0 saturated carbocycles. The van der Waals surface area contributed by atoms with Gasteiger partial charge in [0.15, 0.2) is 9.84 Å². The average molecular weight is 233 g/mol. The van der Waals surface area contributed by atoms with E-state index in [9.17, 15) is 8.42 Å². The van der Waals surface area contributed by atoms with Gasteiger partial charge in [-0.15, -0.1) is 0 Å². The average Bonchev–Trinajstić information content (AvgIpc) is 2.69. The summed E-state index contributed by atoms with van der Waals surface area (Å²) in [5.41, 5.74) is 5.83. The van der Waals surface area contributed by atoms with Crippen molar-refractivity contribution >= 4 is 9.84 Å². The van der Waals surface area contributed by atoms with E-state index >= 15 is 0 Å². The topological polar surface area (TPSA) is 66.6 Å². The van der Waals surface area contributed by atoms with Gasteiger partial charge < -0.3 is 5.73 Å². The first-order valence-electron chi connectivity index (χ1n) is 5.41. The molecule has 0 spiro atoms. The maximum atomic E-state index is 11.4. The van der Waals surface area contributed by atoms with Crippen molar-refractivity contribution in [2.45, 2.75) is 24.1 Å². The molecule has 0 aliphatic carbocycles. The van der Waals surface area contributed by atoms with Gasteiger partial charge in [0.2, 0.25) is 0 Å². The Hall–Kier alpha value is -0.170. The third-order valence-electron chi connectivity index (χ3n) is 3.33. The molecule has 5 nitrogen and oxygen atoms in total. The van der Waals surface area contributed by atoms with Crippen molar-refractivity contribution in [3.8, 4) is 0 Å². The maximum absolute atomic E-state index is 11.4. The molecule has 2 N–H and O–H groups in total. The number of hydrazine groups is 1. The third-order valence-corrected chi connectivity index (χ3v) is 4.93. The van der Waals surface area contributed by atoms with E-state index in [-0.39, 0.29) is 11.3 Å². The predicted octanol–water partition coefficient (Wildman–Crippen LogP) is -0.947. The van der Waals surface area contributed by atoms with E-state index in [0.29, 0.717) is 6.54 Å². The van der Waals surface area contributed by atoms with Crippen LogP contribution < -0.4 is 5.73 Å². The van der Waals surface area contributed by atoms with Crippen molar-refractivity contribution in [3.05, 3.63) is 0 Å². The highest BCUT2D eigenvalue weighted by atomic mass is 32.2. The molecule has 88 valence electrons. The zero-order valence-corrected chi connectivity index (χ0v) is 9.91. The number of hydrogen-bond donors (Lipinski definition) is 1. The van der Waals surface area contributed by atoms with Gasteiger partial charge in [-0.1, -0.05) is 0 Å². The first kappa shape index (κ1) is 11.3. The largest absolute Gasteiger partial charge is 0.326 e. The smallest absolute Gasteiger partial charge is 0.151 e. The fourth-order valence-electron chi connectivity index (χ4n) is 2.34. The second-order valence-corrected chi connectivity index (χ2v) is 6.94. The minimum absolute atomic E-state index is 0.186. The number of sulfone groups is 1. The Balaban J connectivity index is 1.93. The zero-order chi connectivity index (χ0) is 11.1. The molecule has 2 aliphatic rings. The molecule has 0 aromatic heterocycles. The van der Waals surface area contributed by atoms with Gasteiger partial charge in [0.05, 0.1) is 5.25 Å². The summed E-state index contributed by atoms with van der Waals surface area (Å²) in [5, 5.41) is 4.17. The van der Waals surface area contributed by atoms with Crippen LogP contribution in [0, 0.1) is 0 Å². The van der Waals surface area contributed by atoms with E-state index in [0.717, 1.165) is 32.5 Å². The molecule has 2 saturated heterocycles. The van der Waals surface area contributed by atoms with Crippen molar-refractivity contribution < 1.29 is 8.42 Å². The Labute approximate surface area is 91.1 Å². The Morgan fingerprint density at radius 3 is 2.20 bits per heavy atom. The summed E-state index contributed by atoms with van der Waals surface area (Å²) in [6, 6.07) is 0.252. The van der Waals surface area contributed by atoms with E-state index in [4.69, 9.17) is 5.73 Å². The highest BCUT2D eigenvalue weighted by molar-refractivity contribution is 7.91. The molecule has 2 rings (SSSR count). The minimum atomic E-state index is -2.88. The summed E-state index contributed by atoms with van der Waals surface area (Å²) in [5.74, 6) is 0. The van der Waals surface area contributed by atoms with Crippen LogP contribution >= 0.6 is 0 Å². The summed E-state index contributed by atoms with van der Waals surface area (Å²) in [7, 11) is -2.88. The monoisotopic (exact) mass is 233 g/mol. The van der Waals surface area contributed by atoms with Crippen LogP contribution in [0.2, 0.25) is 0 Å². The SMILES string of the molecule is CS(=O)(=O)C1CCN(N2CCC(N)C2)C1. The van der Waals surface area contributed by atoms with Crippen LogP contribution in [0.3, 0.4) is 0 Å². The standard InChI is InChI=1S/C9H19N3O2S/c1-15(13,14)9-3-5-12(7-9)11-4-2-8(10)6-11/h8-9H,2-7,10H2,1H3. The summed E-state index contributed by atoms with van der Waals surface area (Å²) >= 11 is 0. The van der Waals surface area contributed by atoms with Crippen LogP contribution in [0.15, 0.2) is 0 Å². The van der Waals surface area contributed by atoms with Crippen molar-refractivity contribution in [1.82, 2.24) is 10.0 Å². The van der Waals surface area contributed by atoms with Gasteiger partial charge in [0.25, 0.3) is 0 Å².